The summed E-state index contributed by atoms with van der Waals surface area (Å²) >= 11 is 7.35. The molecule has 1 amide bonds. The van der Waals surface area contributed by atoms with Crippen LogP contribution in [0.2, 0.25) is 5.02 Å². The Balaban J connectivity index is 1.67. The first kappa shape index (κ1) is 25.4. The van der Waals surface area contributed by atoms with Crippen LogP contribution in [0.4, 0.5) is 5.69 Å². The summed E-state index contributed by atoms with van der Waals surface area (Å²) in [5.74, 6) is -0.467. The van der Waals surface area contributed by atoms with Crippen molar-refractivity contribution in [3.63, 3.8) is 0 Å². The van der Waals surface area contributed by atoms with Gasteiger partial charge in [-0.05, 0) is 48.9 Å². The number of thiazole rings is 1. The maximum absolute atomic E-state index is 13.8. The molecule has 1 N–H and O–H groups in total. The minimum Gasteiger partial charge on any atom is -0.426 e. The van der Waals surface area contributed by atoms with Gasteiger partial charge in [0.05, 0.1) is 21.8 Å². The topological polar surface area (TPSA) is 89.8 Å². The van der Waals surface area contributed by atoms with E-state index in [2.05, 4.69) is 10.3 Å². The van der Waals surface area contributed by atoms with Crippen LogP contribution in [0, 0.1) is 0 Å². The van der Waals surface area contributed by atoms with Crippen molar-refractivity contribution in [2.75, 3.05) is 5.32 Å². The van der Waals surface area contributed by atoms with Crippen LogP contribution in [-0.4, -0.2) is 16.4 Å². The number of carbonyl (C=O) groups is 2. The van der Waals surface area contributed by atoms with Gasteiger partial charge in [0.1, 0.15) is 5.75 Å². The maximum Gasteiger partial charge on any atom is 0.308 e. The number of benzene rings is 3. The number of hydrogen-bond donors (Lipinski definition) is 1. The Labute approximate surface area is 227 Å². The first-order valence-electron chi connectivity index (χ1n) is 11.7. The molecule has 2 heterocycles. The van der Waals surface area contributed by atoms with Crippen molar-refractivity contribution in [1.82, 2.24) is 4.57 Å². The molecule has 190 valence electrons. The van der Waals surface area contributed by atoms with Crippen LogP contribution in [-0.2, 0) is 9.59 Å². The molecule has 1 atom stereocenters. The molecule has 1 aromatic heterocycles. The fourth-order valence-corrected chi connectivity index (χ4v) is 5.44. The molecule has 0 radical (unpaired) electrons. The van der Waals surface area contributed by atoms with Crippen molar-refractivity contribution >= 4 is 46.6 Å². The zero-order valence-electron chi connectivity index (χ0n) is 20.5. The second-order valence-corrected chi connectivity index (χ2v) is 10.0. The summed E-state index contributed by atoms with van der Waals surface area (Å²) in [6, 6.07) is 22.4. The van der Waals surface area contributed by atoms with Crippen LogP contribution < -0.4 is 24.9 Å². The molecule has 1 aliphatic heterocycles. The highest BCUT2D eigenvalue weighted by Crippen LogP contribution is 2.31. The third-order valence-electron chi connectivity index (χ3n) is 5.94. The molecule has 1 aliphatic rings. The molecule has 9 heteroatoms. The van der Waals surface area contributed by atoms with Crippen molar-refractivity contribution in [1.29, 1.82) is 0 Å². The number of carbonyl (C=O) groups excluding carboxylic acids is 2. The van der Waals surface area contributed by atoms with Gasteiger partial charge in [-0.3, -0.25) is 19.0 Å². The average Bonchev–Trinajstić information content (AvgIpc) is 3.19. The smallest absolute Gasteiger partial charge is 0.308 e. The summed E-state index contributed by atoms with van der Waals surface area (Å²) in [4.78, 5) is 44.1. The van der Waals surface area contributed by atoms with Gasteiger partial charge in [0.2, 0.25) is 0 Å². The van der Waals surface area contributed by atoms with Gasteiger partial charge >= 0.3 is 5.97 Å². The monoisotopic (exact) mass is 543 g/mol. The minimum atomic E-state index is -0.724. The second kappa shape index (κ2) is 10.6. The van der Waals surface area contributed by atoms with Gasteiger partial charge in [0.25, 0.3) is 11.5 Å². The third-order valence-corrected chi connectivity index (χ3v) is 7.18. The quantitative estimate of drug-likeness (QED) is 0.297. The van der Waals surface area contributed by atoms with E-state index < -0.39 is 12.0 Å². The molecular weight excluding hydrogens is 522 g/mol. The summed E-state index contributed by atoms with van der Waals surface area (Å²) in [5.41, 5.74) is 2.47. The van der Waals surface area contributed by atoms with Crippen molar-refractivity contribution in [3.05, 3.63) is 126 Å². The number of halogens is 1. The average molecular weight is 544 g/mol. The lowest BCUT2D eigenvalue weighted by Crippen LogP contribution is -2.40. The number of aromatic nitrogens is 1. The van der Waals surface area contributed by atoms with Gasteiger partial charge in [-0.15, -0.1) is 0 Å². The van der Waals surface area contributed by atoms with E-state index in [-0.39, 0.29) is 11.5 Å². The van der Waals surface area contributed by atoms with Gasteiger partial charge in [0.15, 0.2) is 4.80 Å². The second-order valence-electron chi connectivity index (χ2n) is 8.58. The number of rotatable bonds is 5. The van der Waals surface area contributed by atoms with E-state index >= 15 is 0 Å². The zero-order chi connectivity index (χ0) is 26.8. The van der Waals surface area contributed by atoms with E-state index in [4.69, 9.17) is 16.3 Å². The first-order valence-corrected chi connectivity index (χ1v) is 12.9. The largest absolute Gasteiger partial charge is 0.426 e. The van der Waals surface area contributed by atoms with E-state index in [1.165, 1.54) is 22.8 Å². The number of esters is 1. The molecule has 38 heavy (non-hydrogen) atoms. The van der Waals surface area contributed by atoms with Crippen molar-refractivity contribution in [2.24, 2.45) is 4.99 Å². The molecule has 4 aromatic rings. The summed E-state index contributed by atoms with van der Waals surface area (Å²) in [5, 5.41) is 3.47. The van der Waals surface area contributed by atoms with E-state index in [0.717, 1.165) is 5.56 Å². The van der Waals surface area contributed by atoms with Crippen LogP contribution in [0.3, 0.4) is 0 Å². The summed E-state index contributed by atoms with van der Waals surface area (Å²) in [6.45, 7) is 3.08. The standard InChI is InChI=1S/C29H22ClN3O4S/c1-17-25(27(35)32-22-9-4-3-5-10-22)26(19-12-14-21(30)15-13-19)33-28(36)24(38-29(33)31-17)16-20-8-6-7-11-23(20)37-18(2)34/h3-16,26H,1-2H3,(H,32,35)/b24-16+/t26-/m1/s1. The Morgan fingerprint density at radius 1 is 1.03 bits per heavy atom. The number of anilines is 1. The summed E-state index contributed by atoms with van der Waals surface area (Å²) in [6.07, 6.45) is 1.67. The summed E-state index contributed by atoms with van der Waals surface area (Å²) in [7, 11) is 0. The van der Waals surface area contributed by atoms with E-state index in [1.807, 2.05) is 18.2 Å². The van der Waals surface area contributed by atoms with Crippen LogP contribution in [0.5, 0.6) is 5.75 Å². The van der Waals surface area contributed by atoms with Gasteiger partial charge < -0.3 is 10.1 Å². The number of hydrogen-bond acceptors (Lipinski definition) is 6. The Morgan fingerprint density at radius 2 is 1.71 bits per heavy atom. The minimum absolute atomic E-state index is 0.316. The Morgan fingerprint density at radius 3 is 2.42 bits per heavy atom. The van der Waals surface area contributed by atoms with E-state index in [9.17, 15) is 14.4 Å². The van der Waals surface area contributed by atoms with Crippen LogP contribution >= 0.6 is 22.9 Å². The molecule has 0 fully saturated rings. The predicted molar refractivity (Wildman–Crippen MR) is 148 cm³/mol. The van der Waals surface area contributed by atoms with Crippen molar-refractivity contribution in [3.8, 4) is 5.75 Å². The SMILES string of the molecule is CC(=O)Oc1ccccc1/C=c1/sc2n(c1=O)[C@H](c1ccc(Cl)cc1)C(C(=O)Nc1ccccc1)=C(C)N=2. The van der Waals surface area contributed by atoms with Crippen LogP contribution in [0.25, 0.3) is 6.08 Å². The van der Waals surface area contributed by atoms with Crippen molar-refractivity contribution in [2.45, 2.75) is 19.9 Å². The Bertz CT molecular complexity index is 1760. The third kappa shape index (κ3) is 5.09. The lowest BCUT2D eigenvalue weighted by atomic mass is 9.95. The molecular formula is C29H22ClN3O4S. The zero-order valence-corrected chi connectivity index (χ0v) is 22.0. The molecule has 7 nitrogen and oxygen atoms in total. The van der Waals surface area contributed by atoms with Gasteiger partial charge in [0, 0.05) is 23.2 Å². The predicted octanol–water partition coefficient (Wildman–Crippen LogP) is 4.45. The summed E-state index contributed by atoms with van der Waals surface area (Å²) < 4.78 is 7.23. The molecule has 0 spiro atoms. The number of allylic oxidation sites excluding steroid dienone is 1. The number of amides is 1. The van der Waals surface area contributed by atoms with Gasteiger partial charge in [-0.2, -0.15) is 0 Å². The highest BCUT2D eigenvalue weighted by atomic mass is 35.5. The van der Waals surface area contributed by atoms with E-state index in [0.29, 0.717) is 42.6 Å². The van der Waals surface area contributed by atoms with Gasteiger partial charge in [-0.25, -0.2) is 4.99 Å². The fourth-order valence-electron chi connectivity index (χ4n) is 4.28. The Hall–Kier alpha value is -4.27. The first-order chi connectivity index (χ1) is 18.3. The number of nitrogens with one attached hydrogen (secondary N) is 1. The Kier molecular flexibility index (Phi) is 7.09. The number of para-hydroxylation sites is 2. The molecule has 0 aliphatic carbocycles. The lowest BCUT2D eigenvalue weighted by molar-refractivity contribution is -0.131. The highest BCUT2D eigenvalue weighted by molar-refractivity contribution is 7.07. The van der Waals surface area contributed by atoms with Crippen molar-refractivity contribution < 1.29 is 14.3 Å². The molecule has 0 unspecified atom stereocenters. The maximum atomic E-state index is 13.8. The number of ether oxygens (including phenoxy) is 1. The normalized spacial score (nSPS) is 15.0. The number of nitrogens with zero attached hydrogens (tertiary/aromatic N) is 2. The van der Waals surface area contributed by atoms with Crippen LogP contribution in [0.1, 0.15) is 31.0 Å². The molecule has 3 aromatic carbocycles. The van der Waals surface area contributed by atoms with Crippen LogP contribution in [0.15, 0.2) is 99.9 Å². The number of fused-ring (bicyclic) bond motifs is 1. The highest BCUT2D eigenvalue weighted by Gasteiger charge is 2.32. The lowest BCUT2D eigenvalue weighted by Gasteiger charge is -2.25. The van der Waals surface area contributed by atoms with Gasteiger partial charge in [-0.1, -0.05) is 71.5 Å². The molecule has 0 bridgehead atoms. The molecule has 0 saturated carbocycles. The van der Waals surface area contributed by atoms with E-state index in [1.54, 1.807) is 73.7 Å². The molecule has 0 saturated heterocycles. The fraction of sp³-hybridized carbons (Fsp3) is 0.103. The molecule has 5 rings (SSSR count).